The molecule has 1 saturated heterocycles. The van der Waals surface area contributed by atoms with E-state index in [1.165, 1.54) is 13.2 Å². The van der Waals surface area contributed by atoms with Crippen LogP contribution in [0.3, 0.4) is 0 Å². The maximum absolute atomic E-state index is 13.3. The quantitative estimate of drug-likeness (QED) is 0.461. The lowest BCUT2D eigenvalue weighted by Gasteiger charge is -2.20. The second-order valence-electron chi connectivity index (χ2n) is 9.14. The van der Waals surface area contributed by atoms with Crippen molar-refractivity contribution in [2.75, 3.05) is 24.9 Å². The molecule has 3 aromatic carbocycles. The van der Waals surface area contributed by atoms with Crippen LogP contribution in [0.5, 0.6) is 11.5 Å². The normalized spacial score (nSPS) is 17.6. The third kappa shape index (κ3) is 5.49. The van der Waals surface area contributed by atoms with Crippen LogP contribution in [-0.4, -0.2) is 45.5 Å². The third-order valence-electron chi connectivity index (χ3n) is 6.55. The zero-order valence-corrected chi connectivity index (χ0v) is 21.8. The second kappa shape index (κ2) is 10.6. The van der Waals surface area contributed by atoms with Gasteiger partial charge in [0.25, 0.3) is 15.9 Å². The average molecular weight is 509 g/mol. The topological polar surface area (TPSA) is 84.9 Å². The van der Waals surface area contributed by atoms with Crippen molar-refractivity contribution in [3.8, 4) is 11.5 Å². The first-order chi connectivity index (χ1) is 17.2. The van der Waals surface area contributed by atoms with Crippen molar-refractivity contribution in [3.05, 3.63) is 83.4 Å². The van der Waals surface area contributed by atoms with Crippen LogP contribution in [0.1, 0.15) is 34.8 Å². The van der Waals surface area contributed by atoms with Crippen molar-refractivity contribution < 1.29 is 22.7 Å². The highest BCUT2D eigenvalue weighted by molar-refractivity contribution is 7.92. The van der Waals surface area contributed by atoms with Gasteiger partial charge in [0.05, 0.1) is 19.3 Å². The molecule has 36 heavy (non-hydrogen) atoms. The minimum Gasteiger partial charge on any atom is -0.495 e. The molecule has 0 aromatic heterocycles. The summed E-state index contributed by atoms with van der Waals surface area (Å²) in [6.45, 7) is 7.11. The Kier molecular flexibility index (Phi) is 7.54. The molecule has 0 spiro atoms. The van der Waals surface area contributed by atoms with E-state index < -0.39 is 10.0 Å². The smallest absolute Gasteiger partial charge is 0.265 e. The number of likely N-dealkylation sites (tertiary alicyclic amines) is 1. The predicted molar refractivity (Wildman–Crippen MR) is 140 cm³/mol. The Hall–Kier alpha value is -3.52. The standard InChI is InChI=1S/C28H32N2O5S/c1-5-21-17-30(28(31)24-15-19(2)13-14-20(24)3)18-26(21)35-23-10-8-9-22(16-23)29-36(32,33)27-12-7-6-11-25(27)34-4/h6-16,21,26,29H,5,17-18H2,1-4H3/t21-,26-/m1/s1. The molecular formula is C28H32N2O5S. The number of rotatable bonds is 8. The summed E-state index contributed by atoms with van der Waals surface area (Å²) in [5.74, 6) is 0.995. The number of methoxy groups -OCH3 is 1. The summed E-state index contributed by atoms with van der Waals surface area (Å²) in [4.78, 5) is 15.2. The van der Waals surface area contributed by atoms with E-state index in [-0.39, 0.29) is 28.6 Å². The molecule has 1 amide bonds. The van der Waals surface area contributed by atoms with Gasteiger partial charge in [-0.2, -0.15) is 0 Å². The lowest BCUT2D eigenvalue weighted by Crippen LogP contribution is -2.31. The second-order valence-corrected chi connectivity index (χ2v) is 10.8. The van der Waals surface area contributed by atoms with E-state index in [9.17, 15) is 13.2 Å². The summed E-state index contributed by atoms with van der Waals surface area (Å²) >= 11 is 0. The molecule has 8 heteroatoms. The fraction of sp³-hybridized carbons (Fsp3) is 0.321. The fourth-order valence-corrected chi connectivity index (χ4v) is 5.75. The Balaban J connectivity index is 1.49. The molecule has 1 fully saturated rings. The van der Waals surface area contributed by atoms with Gasteiger partial charge in [-0.1, -0.05) is 42.8 Å². The summed E-state index contributed by atoms with van der Waals surface area (Å²) in [6.07, 6.45) is 0.673. The highest BCUT2D eigenvalue weighted by Gasteiger charge is 2.36. The van der Waals surface area contributed by atoms with Gasteiger partial charge in [0.15, 0.2) is 0 Å². The van der Waals surface area contributed by atoms with E-state index in [1.807, 2.05) is 36.9 Å². The Labute approximate surface area is 213 Å². The molecule has 0 bridgehead atoms. The summed E-state index contributed by atoms with van der Waals surface area (Å²) in [5, 5.41) is 0. The highest BCUT2D eigenvalue weighted by Crippen LogP contribution is 2.30. The fourth-order valence-electron chi connectivity index (χ4n) is 4.53. The molecule has 0 radical (unpaired) electrons. The van der Waals surface area contributed by atoms with Gasteiger partial charge in [-0.05, 0) is 56.2 Å². The van der Waals surface area contributed by atoms with Crippen molar-refractivity contribution in [2.45, 2.75) is 38.2 Å². The van der Waals surface area contributed by atoms with E-state index in [2.05, 4.69) is 11.6 Å². The number of hydrogen-bond acceptors (Lipinski definition) is 5. The zero-order valence-electron chi connectivity index (χ0n) is 21.0. The first-order valence-corrected chi connectivity index (χ1v) is 13.5. The van der Waals surface area contributed by atoms with Gasteiger partial charge in [0, 0.05) is 24.1 Å². The molecule has 3 aromatic rings. The lowest BCUT2D eigenvalue weighted by molar-refractivity contribution is 0.0771. The number of anilines is 1. The van der Waals surface area contributed by atoms with Crippen LogP contribution in [0.2, 0.25) is 0 Å². The Bertz CT molecular complexity index is 1360. The molecule has 0 unspecified atom stereocenters. The molecule has 1 aliphatic rings. The number of carbonyl (C=O) groups excluding carboxylic acids is 1. The molecule has 1 aliphatic heterocycles. The highest BCUT2D eigenvalue weighted by atomic mass is 32.2. The van der Waals surface area contributed by atoms with E-state index in [0.29, 0.717) is 24.5 Å². The van der Waals surface area contributed by atoms with Crippen LogP contribution in [-0.2, 0) is 10.0 Å². The number of nitrogens with zero attached hydrogens (tertiary/aromatic N) is 1. The Morgan fingerprint density at radius 3 is 2.56 bits per heavy atom. The maximum atomic E-state index is 13.3. The van der Waals surface area contributed by atoms with Crippen molar-refractivity contribution >= 4 is 21.6 Å². The van der Waals surface area contributed by atoms with Crippen LogP contribution >= 0.6 is 0 Å². The van der Waals surface area contributed by atoms with Gasteiger partial charge in [-0.3, -0.25) is 9.52 Å². The van der Waals surface area contributed by atoms with Crippen LogP contribution in [0, 0.1) is 19.8 Å². The number of amides is 1. The SMILES string of the molecule is CC[C@@H]1CN(C(=O)c2cc(C)ccc2C)C[C@H]1Oc1cccc(NS(=O)(=O)c2ccccc2OC)c1. The van der Waals surface area contributed by atoms with Gasteiger partial charge >= 0.3 is 0 Å². The van der Waals surface area contributed by atoms with Crippen molar-refractivity contribution in [3.63, 3.8) is 0 Å². The van der Waals surface area contributed by atoms with Gasteiger partial charge in [-0.15, -0.1) is 0 Å². The van der Waals surface area contributed by atoms with Crippen LogP contribution in [0.4, 0.5) is 5.69 Å². The number of nitrogens with one attached hydrogen (secondary N) is 1. The largest absolute Gasteiger partial charge is 0.495 e. The van der Waals surface area contributed by atoms with Crippen LogP contribution < -0.4 is 14.2 Å². The molecule has 2 atom stereocenters. The minimum absolute atomic E-state index is 0.0130. The van der Waals surface area contributed by atoms with Crippen molar-refractivity contribution in [2.24, 2.45) is 5.92 Å². The minimum atomic E-state index is -3.86. The number of hydrogen-bond donors (Lipinski definition) is 1. The van der Waals surface area contributed by atoms with Crippen molar-refractivity contribution in [1.82, 2.24) is 4.90 Å². The maximum Gasteiger partial charge on any atom is 0.265 e. The van der Waals surface area contributed by atoms with E-state index in [0.717, 1.165) is 23.1 Å². The number of carbonyl (C=O) groups is 1. The molecule has 0 saturated carbocycles. The average Bonchev–Trinajstić information content (AvgIpc) is 3.27. The van der Waals surface area contributed by atoms with Crippen molar-refractivity contribution in [1.29, 1.82) is 0 Å². The first kappa shape index (κ1) is 25.6. The molecule has 4 rings (SSSR count). The summed E-state index contributed by atoms with van der Waals surface area (Å²) in [7, 11) is -2.42. The summed E-state index contributed by atoms with van der Waals surface area (Å²) < 4.78 is 40.0. The van der Waals surface area contributed by atoms with E-state index in [1.54, 1.807) is 42.5 Å². The molecule has 0 aliphatic carbocycles. The number of aryl methyl sites for hydroxylation is 2. The van der Waals surface area contributed by atoms with Gasteiger partial charge < -0.3 is 14.4 Å². The molecule has 1 N–H and O–H groups in total. The monoisotopic (exact) mass is 508 g/mol. The summed E-state index contributed by atoms with van der Waals surface area (Å²) in [6, 6.07) is 19.2. The number of benzene rings is 3. The predicted octanol–water partition coefficient (Wildman–Crippen LogP) is 5.04. The third-order valence-corrected chi connectivity index (χ3v) is 7.97. The van der Waals surface area contributed by atoms with Gasteiger partial charge in [0.1, 0.15) is 22.5 Å². The number of para-hydroxylation sites is 1. The van der Waals surface area contributed by atoms with Crippen LogP contribution in [0.15, 0.2) is 71.6 Å². The van der Waals surface area contributed by atoms with Gasteiger partial charge in [-0.25, -0.2) is 8.42 Å². The van der Waals surface area contributed by atoms with Crippen LogP contribution in [0.25, 0.3) is 0 Å². The molecule has 190 valence electrons. The molecule has 7 nitrogen and oxygen atoms in total. The Morgan fingerprint density at radius 1 is 1.03 bits per heavy atom. The van der Waals surface area contributed by atoms with Gasteiger partial charge in [0.2, 0.25) is 0 Å². The summed E-state index contributed by atoms with van der Waals surface area (Å²) in [5.41, 5.74) is 3.11. The lowest BCUT2D eigenvalue weighted by atomic mass is 10.0. The number of sulfonamides is 1. The number of ether oxygens (including phenoxy) is 2. The Morgan fingerprint density at radius 2 is 1.81 bits per heavy atom. The molecular weight excluding hydrogens is 476 g/mol. The zero-order chi connectivity index (χ0) is 25.9. The first-order valence-electron chi connectivity index (χ1n) is 12.0. The van der Waals surface area contributed by atoms with E-state index >= 15 is 0 Å². The molecule has 1 heterocycles. The van der Waals surface area contributed by atoms with E-state index in [4.69, 9.17) is 9.47 Å².